The van der Waals surface area contributed by atoms with E-state index in [1.807, 2.05) is 31.2 Å². The molecule has 3 N–H and O–H groups in total. The first kappa shape index (κ1) is 22.7. The van der Waals surface area contributed by atoms with E-state index in [1.54, 1.807) is 0 Å². The van der Waals surface area contributed by atoms with Crippen molar-refractivity contribution in [3.05, 3.63) is 24.3 Å². The van der Waals surface area contributed by atoms with E-state index >= 15 is 0 Å². The van der Waals surface area contributed by atoms with Gasteiger partial charge in [-0.25, -0.2) is 4.99 Å². The number of aliphatic imine (C=N–C) groups is 1. The van der Waals surface area contributed by atoms with Crippen molar-refractivity contribution in [3.63, 3.8) is 0 Å². The largest absolute Gasteiger partial charge is 0.393 e. The summed E-state index contributed by atoms with van der Waals surface area (Å²) in [5.74, 6) is -0.126. The fraction of sp³-hybridized carbons (Fsp3) is 0.714. The van der Waals surface area contributed by atoms with E-state index in [-0.39, 0.29) is 23.8 Å². The molecule has 1 aliphatic carbocycles. The highest BCUT2D eigenvalue weighted by Crippen LogP contribution is 2.38. The zero-order valence-electron chi connectivity index (χ0n) is 16.0. The summed E-state index contributed by atoms with van der Waals surface area (Å²) in [7, 11) is 0. The number of aliphatic hydroxyl groups excluding tert-OH is 3. The Bertz CT molecular complexity index is 475. The van der Waals surface area contributed by atoms with E-state index in [1.165, 1.54) is 0 Å². The van der Waals surface area contributed by atoms with Crippen LogP contribution in [-0.4, -0.2) is 46.3 Å². The highest BCUT2D eigenvalue weighted by atomic mass is 16.3. The molecule has 1 rings (SSSR count). The zero-order chi connectivity index (χ0) is 19.4. The Morgan fingerprint density at radius 1 is 1.15 bits per heavy atom. The Labute approximate surface area is 157 Å². The molecule has 1 aliphatic rings. The minimum absolute atomic E-state index is 0.0255. The molecule has 0 bridgehead atoms. The van der Waals surface area contributed by atoms with Crippen LogP contribution in [0.15, 0.2) is 29.3 Å². The number of carbonyl (C=O) groups excluding carboxylic acids is 1. The lowest BCUT2D eigenvalue weighted by Gasteiger charge is -2.23. The molecule has 5 atom stereocenters. The summed E-state index contributed by atoms with van der Waals surface area (Å²) in [5, 5.41) is 30.6. The number of hydrogen-bond acceptors (Lipinski definition) is 4. The monoisotopic (exact) mass is 365 g/mol. The Morgan fingerprint density at radius 3 is 2.58 bits per heavy atom. The Kier molecular flexibility index (Phi) is 11.3. The lowest BCUT2D eigenvalue weighted by atomic mass is 9.85. The van der Waals surface area contributed by atoms with Gasteiger partial charge >= 0.3 is 0 Å². The third kappa shape index (κ3) is 8.39. The van der Waals surface area contributed by atoms with Gasteiger partial charge in [-0.15, -0.1) is 0 Å². The van der Waals surface area contributed by atoms with E-state index in [0.29, 0.717) is 25.7 Å². The maximum Gasteiger partial charge on any atom is 0.245 e. The third-order valence-electron chi connectivity index (χ3n) is 5.27. The number of amides is 1. The van der Waals surface area contributed by atoms with Crippen molar-refractivity contribution in [1.82, 2.24) is 0 Å². The van der Waals surface area contributed by atoms with Gasteiger partial charge in [0.15, 0.2) is 0 Å². The van der Waals surface area contributed by atoms with Crippen molar-refractivity contribution >= 4 is 12.6 Å². The number of rotatable bonds is 12. The number of hydrogen-bond donors (Lipinski definition) is 3. The van der Waals surface area contributed by atoms with Crippen LogP contribution in [-0.2, 0) is 4.79 Å². The van der Waals surface area contributed by atoms with Crippen molar-refractivity contribution in [3.8, 4) is 0 Å². The molecule has 1 fully saturated rings. The smallest absolute Gasteiger partial charge is 0.245 e. The van der Waals surface area contributed by atoms with Crippen LogP contribution in [0.3, 0.4) is 0 Å². The molecule has 0 heterocycles. The van der Waals surface area contributed by atoms with Crippen LogP contribution in [0.1, 0.15) is 64.7 Å². The summed E-state index contributed by atoms with van der Waals surface area (Å²) >= 11 is 0. The fourth-order valence-corrected chi connectivity index (χ4v) is 3.71. The van der Waals surface area contributed by atoms with E-state index in [0.717, 1.165) is 32.1 Å². The molecule has 148 valence electrons. The molecule has 0 aromatic carbocycles. The number of aliphatic hydroxyl groups is 3. The lowest BCUT2D eigenvalue weighted by molar-refractivity contribution is -0.117. The SMILES string of the molecule is C=NC(=O)CCC/C=C\C[C@H]1C(O)CC(O)[C@@H]1CCC(O)CC/C=C/C. The highest BCUT2D eigenvalue weighted by molar-refractivity contribution is 5.80. The number of unbranched alkanes of at least 4 members (excludes halogenated alkanes) is 1. The standard InChI is InChI=1S/C21H35NO4/c1-3-4-7-10-16(23)13-14-18-17(19(24)15-20(18)25)11-8-5-6-9-12-21(26)22-2/h3-5,8,16-20,23-25H,2,6-7,9-15H2,1H3/b4-3+,8-5-/t16?,17-,18-,19?,20?/m1/s1. The van der Waals surface area contributed by atoms with Crippen LogP contribution in [0.4, 0.5) is 0 Å². The van der Waals surface area contributed by atoms with E-state index < -0.39 is 12.2 Å². The van der Waals surface area contributed by atoms with Gasteiger partial charge in [0.1, 0.15) is 0 Å². The second-order valence-electron chi connectivity index (χ2n) is 7.23. The maximum absolute atomic E-state index is 11.0. The van der Waals surface area contributed by atoms with Crippen LogP contribution in [0, 0.1) is 11.8 Å². The van der Waals surface area contributed by atoms with Crippen LogP contribution in [0.25, 0.3) is 0 Å². The molecular formula is C21H35NO4. The molecular weight excluding hydrogens is 330 g/mol. The molecule has 0 radical (unpaired) electrons. The van der Waals surface area contributed by atoms with Crippen LogP contribution in [0.5, 0.6) is 0 Å². The van der Waals surface area contributed by atoms with Gasteiger partial charge < -0.3 is 15.3 Å². The number of allylic oxidation sites excluding steroid dienone is 4. The summed E-state index contributed by atoms with van der Waals surface area (Å²) < 4.78 is 0. The highest BCUT2D eigenvalue weighted by Gasteiger charge is 2.40. The fourth-order valence-electron chi connectivity index (χ4n) is 3.71. The number of nitrogens with zero attached hydrogens (tertiary/aromatic N) is 1. The minimum atomic E-state index is -0.498. The van der Waals surface area contributed by atoms with Crippen molar-refractivity contribution < 1.29 is 20.1 Å². The molecule has 1 saturated carbocycles. The summed E-state index contributed by atoms with van der Waals surface area (Å²) in [5.41, 5.74) is 0. The van der Waals surface area contributed by atoms with Gasteiger partial charge in [0, 0.05) is 6.42 Å². The predicted molar refractivity (Wildman–Crippen MR) is 105 cm³/mol. The predicted octanol–water partition coefficient (Wildman–Crippen LogP) is 3.19. The van der Waals surface area contributed by atoms with Gasteiger partial charge in [-0.05, 0) is 76.8 Å². The molecule has 0 aromatic heterocycles. The first-order valence-corrected chi connectivity index (χ1v) is 9.79. The molecule has 26 heavy (non-hydrogen) atoms. The average Bonchev–Trinajstić information content (AvgIpc) is 2.89. The lowest BCUT2D eigenvalue weighted by Crippen LogP contribution is -2.23. The van der Waals surface area contributed by atoms with E-state index in [4.69, 9.17) is 0 Å². The first-order valence-electron chi connectivity index (χ1n) is 9.79. The quantitative estimate of drug-likeness (QED) is 0.281. The number of carbonyl (C=O) groups is 1. The molecule has 0 saturated heterocycles. The molecule has 1 amide bonds. The van der Waals surface area contributed by atoms with E-state index in [9.17, 15) is 20.1 Å². The normalized spacial score (nSPS) is 27.4. The summed E-state index contributed by atoms with van der Waals surface area (Å²) in [6.07, 6.45) is 12.8. The Balaban J connectivity index is 2.38. The Morgan fingerprint density at radius 2 is 1.88 bits per heavy atom. The molecule has 0 aliphatic heterocycles. The average molecular weight is 366 g/mol. The van der Waals surface area contributed by atoms with Gasteiger partial charge in [0.2, 0.25) is 5.91 Å². The summed E-state index contributed by atoms with van der Waals surface area (Å²) in [6, 6.07) is 0. The first-order chi connectivity index (χ1) is 12.5. The van der Waals surface area contributed by atoms with Crippen molar-refractivity contribution in [2.24, 2.45) is 16.8 Å². The van der Waals surface area contributed by atoms with Gasteiger partial charge in [0.25, 0.3) is 0 Å². The molecule has 5 heteroatoms. The third-order valence-corrected chi connectivity index (χ3v) is 5.27. The second kappa shape index (κ2) is 13.0. The van der Waals surface area contributed by atoms with Gasteiger partial charge in [-0.1, -0.05) is 24.3 Å². The Hall–Kier alpha value is -1.30. The maximum atomic E-state index is 11.0. The van der Waals surface area contributed by atoms with Gasteiger partial charge in [-0.2, -0.15) is 0 Å². The minimum Gasteiger partial charge on any atom is -0.393 e. The second-order valence-corrected chi connectivity index (χ2v) is 7.23. The van der Waals surface area contributed by atoms with Crippen LogP contribution in [0.2, 0.25) is 0 Å². The molecule has 3 unspecified atom stereocenters. The topological polar surface area (TPSA) is 90.1 Å². The molecule has 0 aromatic rings. The van der Waals surface area contributed by atoms with Crippen molar-refractivity contribution in [1.29, 1.82) is 0 Å². The zero-order valence-corrected chi connectivity index (χ0v) is 16.0. The molecule has 0 spiro atoms. The summed E-state index contributed by atoms with van der Waals surface area (Å²) in [4.78, 5) is 14.4. The van der Waals surface area contributed by atoms with Gasteiger partial charge in [-0.3, -0.25) is 4.79 Å². The van der Waals surface area contributed by atoms with Gasteiger partial charge in [0.05, 0.1) is 18.3 Å². The summed E-state index contributed by atoms with van der Waals surface area (Å²) in [6.45, 7) is 5.18. The van der Waals surface area contributed by atoms with Crippen molar-refractivity contribution in [2.75, 3.05) is 0 Å². The van der Waals surface area contributed by atoms with Crippen molar-refractivity contribution in [2.45, 2.75) is 83.0 Å². The van der Waals surface area contributed by atoms with Crippen LogP contribution >= 0.6 is 0 Å². The molecule has 5 nitrogen and oxygen atoms in total. The van der Waals surface area contributed by atoms with Crippen LogP contribution < -0.4 is 0 Å². The van der Waals surface area contributed by atoms with E-state index in [2.05, 4.69) is 11.7 Å².